The Hall–Kier alpha value is -3.08. The van der Waals surface area contributed by atoms with Gasteiger partial charge in [0.1, 0.15) is 0 Å². The quantitative estimate of drug-likeness (QED) is 0.530. The van der Waals surface area contributed by atoms with Crippen LogP contribution in [-0.2, 0) is 17.9 Å². The number of rotatable bonds is 11. The SMILES string of the molecule is CCN1CCN(Cc2ccccc2CNC(=O)CCCOc2ccc(C#N)cc2OC)CC1. The summed E-state index contributed by atoms with van der Waals surface area (Å²) >= 11 is 0. The van der Waals surface area contributed by atoms with Crippen LogP contribution in [0.15, 0.2) is 42.5 Å². The predicted octanol–water partition coefficient (Wildman–Crippen LogP) is 3.18. The zero-order valence-electron chi connectivity index (χ0n) is 19.7. The van der Waals surface area contributed by atoms with Crippen LogP contribution in [0.2, 0.25) is 0 Å². The number of ether oxygens (including phenoxy) is 2. The van der Waals surface area contributed by atoms with Crippen molar-refractivity contribution in [2.24, 2.45) is 0 Å². The maximum atomic E-state index is 12.4. The largest absolute Gasteiger partial charge is 0.493 e. The van der Waals surface area contributed by atoms with Gasteiger partial charge in [-0.15, -0.1) is 0 Å². The Morgan fingerprint density at radius 2 is 1.79 bits per heavy atom. The molecule has 1 amide bonds. The van der Waals surface area contributed by atoms with Gasteiger partial charge in [0.15, 0.2) is 11.5 Å². The number of likely N-dealkylation sites (N-methyl/N-ethyl adjacent to an activating group) is 1. The summed E-state index contributed by atoms with van der Waals surface area (Å²) in [5.41, 5.74) is 2.96. The summed E-state index contributed by atoms with van der Waals surface area (Å²) in [4.78, 5) is 17.3. The highest BCUT2D eigenvalue weighted by Gasteiger charge is 2.16. The van der Waals surface area contributed by atoms with Crippen molar-refractivity contribution in [1.29, 1.82) is 5.26 Å². The molecule has 1 aliphatic heterocycles. The average Bonchev–Trinajstić information content (AvgIpc) is 2.86. The summed E-state index contributed by atoms with van der Waals surface area (Å²) in [6.45, 7) is 9.58. The lowest BCUT2D eigenvalue weighted by atomic mass is 10.1. The second kappa shape index (κ2) is 12.8. The van der Waals surface area contributed by atoms with E-state index < -0.39 is 0 Å². The Kier molecular flexibility index (Phi) is 9.55. The third kappa shape index (κ3) is 7.48. The van der Waals surface area contributed by atoms with Crippen molar-refractivity contribution in [2.75, 3.05) is 46.4 Å². The summed E-state index contributed by atoms with van der Waals surface area (Å²) in [7, 11) is 1.54. The molecule has 1 heterocycles. The molecule has 0 atom stereocenters. The van der Waals surface area contributed by atoms with Crippen molar-refractivity contribution < 1.29 is 14.3 Å². The van der Waals surface area contributed by atoms with Crippen LogP contribution in [0.1, 0.15) is 36.5 Å². The molecule has 0 saturated carbocycles. The Bertz CT molecular complexity index is 949. The number of carbonyl (C=O) groups excluding carboxylic acids is 1. The molecule has 1 fully saturated rings. The molecule has 7 nitrogen and oxygen atoms in total. The first-order chi connectivity index (χ1) is 16.1. The Morgan fingerprint density at radius 1 is 1.06 bits per heavy atom. The summed E-state index contributed by atoms with van der Waals surface area (Å²) in [5, 5.41) is 12.0. The van der Waals surface area contributed by atoms with E-state index in [2.05, 4.69) is 46.3 Å². The number of benzene rings is 2. The molecule has 1 N–H and O–H groups in total. The number of piperazine rings is 1. The molecule has 0 spiro atoms. The van der Waals surface area contributed by atoms with Crippen molar-refractivity contribution in [3.63, 3.8) is 0 Å². The number of nitrogens with one attached hydrogen (secondary N) is 1. The second-order valence-electron chi connectivity index (χ2n) is 8.19. The van der Waals surface area contributed by atoms with Gasteiger partial charge in [-0.3, -0.25) is 9.69 Å². The van der Waals surface area contributed by atoms with E-state index in [0.29, 0.717) is 43.1 Å². The molecule has 3 rings (SSSR count). The Morgan fingerprint density at radius 3 is 2.48 bits per heavy atom. The first-order valence-electron chi connectivity index (χ1n) is 11.6. The molecular weight excluding hydrogens is 416 g/mol. The lowest BCUT2D eigenvalue weighted by molar-refractivity contribution is -0.121. The highest BCUT2D eigenvalue weighted by molar-refractivity contribution is 5.75. The summed E-state index contributed by atoms with van der Waals surface area (Å²) in [5.74, 6) is 1.11. The molecule has 0 aromatic heterocycles. The van der Waals surface area contributed by atoms with Gasteiger partial charge in [-0.05, 0) is 36.2 Å². The van der Waals surface area contributed by atoms with Crippen LogP contribution in [0.5, 0.6) is 11.5 Å². The molecule has 1 saturated heterocycles. The average molecular weight is 451 g/mol. The van der Waals surface area contributed by atoms with E-state index in [4.69, 9.17) is 14.7 Å². The van der Waals surface area contributed by atoms with Crippen molar-refractivity contribution >= 4 is 5.91 Å². The van der Waals surface area contributed by atoms with E-state index in [1.54, 1.807) is 25.3 Å². The number of amides is 1. The van der Waals surface area contributed by atoms with Crippen LogP contribution < -0.4 is 14.8 Å². The number of carbonyl (C=O) groups is 1. The van der Waals surface area contributed by atoms with Gasteiger partial charge in [-0.1, -0.05) is 31.2 Å². The van der Waals surface area contributed by atoms with Crippen LogP contribution in [0.4, 0.5) is 0 Å². The topological polar surface area (TPSA) is 77.8 Å². The van der Waals surface area contributed by atoms with Gasteiger partial charge < -0.3 is 19.7 Å². The van der Waals surface area contributed by atoms with Gasteiger partial charge in [0.05, 0.1) is 25.3 Å². The van der Waals surface area contributed by atoms with Crippen LogP contribution in [0.3, 0.4) is 0 Å². The number of hydrogen-bond acceptors (Lipinski definition) is 6. The number of nitrogens with zero attached hydrogens (tertiary/aromatic N) is 3. The standard InChI is InChI=1S/C26H34N4O3/c1-3-29-12-14-30(15-13-29)20-23-8-5-4-7-22(23)19-28-26(31)9-6-16-33-24-11-10-21(18-27)17-25(24)32-2/h4-5,7-8,10-11,17H,3,6,9,12-16,19-20H2,1-2H3,(H,28,31). The van der Waals surface area contributed by atoms with Gasteiger partial charge in [-0.2, -0.15) is 5.26 Å². The Labute approximate surface area is 196 Å². The van der Waals surface area contributed by atoms with Gasteiger partial charge in [0.2, 0.25) is 5.91 Å². The molecular formula is C26H34N4O3. The maximum absolute atomic E-state index is 12.4. The molecule has 33 heavy (non-hydrogen) atoms. The van der Waals surface area contributed by atoms with Crippen LogP contribution in [0.25, 0.3) is 0 Å². The lowest BCUT2D eigenvalue weighted by Gasteiger charge is -2.34. The smallest absolute Gasteiger partial charge is 0.220 e. The third-order valence-corrected chi connectivity index (χ3v) is 6.00. The van der Waals surface area contributed by atoms with E-state index in [0.717, 1.165) is 39.3 Å². The second-order valence-corrected chi connectivity index (χ2v) is 8.19. The molecule has 1 aliphatic rings. The minimum absolute atomic E-state index is 0.0109. The van der Waals surface area contributed by atoms with E-state index in [9.17, 15) is 4.79 Å². The van der Waals surface area contributed by atoms with Crippen molar-refractivity contribution in [3.05, 3.63) is 59.2 Å². The van der Waals surface area contributed by atoms with E-state index in [1.165, 1.54) is 11.1 Å². The normalized spacial score (nSPS) is 14.5. The molecule has 7 heteroatoms. The van der Waals surface area contributed by atoms with Gasteiger partial charge >= 0.3 is 0 Å². The van der Waals surface area contributed by atoms with E-state index in [-0.39, 0.29) is 5.91 Å². The molecule has 0 aliphatic carbocycles. The number of nitriles is 1. The lowest BCUT2D eigenvalue weighted by Crippen LogP contribution is -2.45. The fraction of sp³-hybridized carbons (Fsp3) is 0.462. The van der Waals surface area contributed by atoms with Crippen LogP contribution >= 0.6 is 0 Å². The fourth-order valence-electron chi connectivity index (χ4n) is 3.94. The zero-order chi connectivity index (χ0) is 23.5. The van der Waals surface area contributed by atoms with Gasteiger partial charge in [-0.25, -0.2) is 0 Å². The first-order valence-corrected chi connectivity index (χ1v) is 11.6. The third-order valence-electron chi connectivity index (χ3n) is 6.00. The van der Waals surface area contributed by atoms with Crippen LogP contribution in [-0.4, -0.2) is 62.1 Å². The molecule has 0 radical (unpaired) electrons. The van der Waals surface area contributed by atoms with Gasteiger partial charge in [0.25, 0.3) is 0 Å². The molecule has 0 bridgehead atoms. The van der Waals surface area contributed by atoms with Crippen molar-refractivity contribution in [2.45, 2.75) is 32.9 Å². The van der Waals surface area contributed by atoms with Crippen LogP contribution in [0, 0.1) is 11.3 Å². The minimum atomic E-state index is 0.0109. The monoisotopic (exact) mass is 450 g/mol. The predicted molar refractivity (Wildman–Crippen MR) is 128 cm³/mol. The highest BCUT2D eigenvalue weighted by Crippen LogP contribution is 2.28. The molecule has 176 valence electrons. The van der Waals surface area contributed by atoms with E-state index >= 15 is 0 Å². The molecule has 0 unspecified atom stereocenters. The highest BCUT2D eigenvalue weighted by atomic mass is 16.5. The number of methoxy groups -OCH3 is 1. The fourth-order valence-corrected chi connectivity index (χ4v) is 3.94. The summed E-state index contributed by atoms with van der Waals surface area (Å²) < 4.78 is 11.0. The minimum Gasteiger partial charge on any atom is -0.493 e. The maximum Gasteiger partial charge on any atom is 0.220 e. The molecule has 2 aromatic rings. The number of hydrogen-bond donors (Lipinski definition) is 1. The molecule has 2 aromatic carbocycles. The Balaban J connectivity index is 1.41. The summed E-state index contributed by atoms with van der Waals surface area (Å²) in [6, 6.07) is 15.5. The zero-order valence-corrected chi connectivity index (χ0v) is 19.7. The summed E-state index contributed by atoms with van der Waals surface area (Å²) in [6.07, 6.45) is 0.984. The van der Waals surface area contributed by atoms with Crippen molar-refractivity contribution in [3.8, 4) is 17.6 Å². The first kappa shape index (κ1) is 24.6. The van der Waals surface area contributed by atoms with Crippen molar-refractivity contribution in [1.82, 2.24) is 15.1 Å². The van der Waals surface area contributed by atoms with E-state index in [1.807, 2.05) is 6.07 Å². The van der Waals surface area contributed by atoms with Gasteiger partial charge in [0, 0.05) is 51.8 Å².